The lowest BCUT2D eigenvalue weighted by atomic mass is 10.3. The van der Waals surface area contributed by atoms with Crippen LogP contribution in [0.3, 0.4) is 0 Å². The molecule has 3 N–H and O–H groups in total. The van der Waals surface area contributed by atoms with Crippen molar-refractivity contribution in [3.63, 3.8) is 0 Å². The van der Waals surface area contributed by atoms with E-state index in [0.29, 0.717) is 0 Å². The lowest BCUT2D eigenvalue weighted by Gasteiger charge is -2.02. The maximum absolute atomic E-state index is 11.1. The standard InChI is InChI=1S/C7H13N3O3/c1-4-6(10-4)7(12)9-3-5(11)13-8-2/h4,6,8,10H,3H2,1-2H3,(H,9,12). The summed E-state index contributed by atoms with van der Waals surface area (Å²) < 4.78 is 0. The van der Waals surface area contributed by atoms with Crippen LogP contribution < -0.4 is 16.1 Å². The van der Waals surface area contributed by atoms with Gasteiger partial charge in [-0.15, -0.1) is 0 Å². The van der Waals surface area contributed by atoms with Gasteiger partial charge in [0.1, 0.15) is 12.6 Å². The summed E-state index contributed by atoms with van der Waals surface area (Å²) in [5, 5.41) is 5.35. The van der Waals surface area contributed by atoms with Crippen LogP contribution in [-0.2, 0) is 14.4 Å². The molecule has 6 heteroatoms. The van der Waals surface area contributed by atoms with Crippen LogP contribution >= 0.6 is 0 Å². The Morgan fingerprint density at radius 1 is 1.54 bits per heavy atom. The molecular formula is C7H13N3O3. The fourth-order valence-electron chi connectivity index (χ4n) is 0.950. The monoisotopic (exact) mass is 187 g/mol. The molecule has 1 aliphatic heterocycles. The summed E-state index contributed by atoms with van der Waals surface area (Å²) in [5.74, 6) is -0.676. The van der Waals surface area contributed by atoms with Crippen molar-refractivity contribution in [3.8, 4) is 0 Å². The van der Waals surface area contributed by atoms with E-state index in [9.17, 15) is 9.59 Å². The SMILES string of the molecule is CNOC(=O)CNC(=O)C1NC1C. The summed E-state index contributed by atoms with van der Waals surface area (Å²) in [6.07, 6.45) is 0. The molecule has 1 amide bonds. The minimum Gasteiger partial charge on any atom is -0.369 e. The molecule has 13 heavy (non-hydrogen) atoms. The van der Waals surface area contributed by atoms with Crippen LogP contribution in [0.5, 0.6) is 0 Å². The second-order valence-corrected chi connectivity index (χ2v) is 2.83. The molecule has 1 heterocycles. The lowest BCUT2D eigenvalue weighted by Crippen LogP contribution is -2.36. The van der Waals surface area contributed by atoms with Gasteiger partial charge in [-0.1, -0.05) is 0 Å². The average molecular weight is 187 g/mol. The number of nitrogens with one attached hydrogen (secondary N) is 3. The summed E-state index contributed by atoms with van der Waals surface area (Å²) in [6, 6.07) is 0.0581. The van der Waals surface area contributed by atoms with Gasteiger partial charge in [0, 0.05) is 13.1 Å². The van der Waals surface area contributed by atoms with E-state index >= 15 is 0 Å². The smallest absolute Gasteiger partial charge is 0.344 e. The Bertz CT molecular complexity index is 219. The third-order valence-electron chi connectivity index (χ3n) is 1.74. The maximum atomic E-state index is 11.1. The maximum Gasteiger partial charge on any atom is 0.344 e. The molecule has 2 unspecified atom stereocenters. The van der Waals surface area contributed by atoms with E-state index in [-0.39, 0.29) is 24.5 Å². The first-order chi connectivity index (χ1) is 6.15. The topological polar surface area (TPSA) is 89.4 Å². The van der Waals surface area contributed by atoms with Crippen LogP contribution in [0.4, 0.5) is 0 Å². The third kappa shape index (κ3) is 3.00. The van der Waals surface area contributed by atoms with Crippen molar-refractivity contribution in [2.24, 2.45) is 0 Å². The van der Waals surface area contributed by atoms with Crippen molar-refractivity contribution >= 4 is 11.9 Å². The first-order valence-electron chi connectivity index (χ1n) is 4.05. The Morgan fingerprint density at radius 3 is 2.62 bits per heavy atom. The van der Waals surface area contributed by atoms with Gasteiger partial charge in [0.15, 0.2) is 0 Å². The summed E-state index contributed by atoms with van der Waals surface area (Å²) in [6.45, 7) is 1.79. The number of hydroxylamine groups is 1. The molecule has 2 atom stereocenters. The number of hydrogen-bond donors (Lipinski definition) is 3. The molecule has 1 rings (SSSR count). The zero-order valence-corrected chi connectivity index (χ0v) is 7.59. The molecule has 1 fully saturated rings. The first-order valence-corrected chi connectivity index (χ1v) is 4.05. The van der Waals surface area contributed by atoms with Crippen molar-refractivity contribution in [3.05, 3.63) is 0 Å². The highest BCUT2D eigenvalue weighted by Crippen LogP contribution is 2.08. The Labute approximate surface area is 76.0 Å². The van der Waals surface area contributed by atoms with Gasteiger partial charge in [-0.2, -0.15) is 5.48 Å². The molecular weight excluding hydrogens is 174 g/mol. The van der Waals surface area contributed by atoms with Gasteiger partial charge in [-0.25, -0.2) is 4.79 Å². The number of hydrogen-bond acceptors (Lipinski definition) is 5. The molecule has 0 radical (unpaired) electrons. The normalized spacial score (nSPS) is 25.1. The number of rotatable bonds is 4. The van der Waals surface area contributed by atoms with E-state index in [0.717, 1.165) is 0 Å². The summed E-state index contributed by atoms with van der Waals surface area (Å²) >= 11 is 0. The second-order valence-electron chi connectivity index (χ2n) is 2.83. The molecule has 0 bridgehead atoms. The highest BCUT2D eigenvalue weighted by Gasteiger charge is 2.38. The molecule has 0 aromatic rings. The molecule has 0 saturated carbocycles. The fourth-order valence-corrected chi connectivity index (χ4v) is 0.950. The lowest BCUT2D eigenvalue weighted by molar-refractivity contribution is -0.149. The van der Waals surface area contributed by atoms with Crippen molar-refractivity contribution in [2.45, 2.75) is 19.0 Å². The quantitative estimate of drug-likeness (QED) is 0.355. The number of amides is 1. The molecule has 0 aliphatic carbocycles. The van der Waals surface area contributed by atoms with Crippen LogP contribution in [-0.4, -0.2) is 37.6 Å². The van der Waals surface area contributed by atoms with Crippen LogP contribution in [0.1, 0.15) is 6.92 Å². The minimum absolute atomic E-state index is 0.107. The van der Waals surface area contributed by atoms with Crippen LogP contribution in [0.25, 0.3) is 0 Å². The van der Waals surface area contributed by atoms with E-state index < -0.39 is 5.97 Å². The molecule has 0 aromatic heterocycles. The van der Waals surface area contributed by atoms with E-state index in [1.54, 1.807) is 0 Å². The molecule has 1 saturated heterocycles. The molecule has 1 aliphatic rings. The van der Waals surface area contributed by atoms with E-state index in [2.05, 4.69) is 21.0 Å². The van der Waals surface area contributed by atoms with E-state index in [4.69, 9.17) is 0 Å². The molecule has 0 aromatic carbocycles. The highest BCUT2D eigenvalue weighted by atomic mass is 16.7. The number of carbonyl (C=O) groups excluding carboxylic acids is 2. The van der Waals surface area contributed by atoms with Crippen LogP contribution in [0.2, 0.25) is 0 Å². The van der Waals surface area contributed by atoms with Gasteiger partial charge in [-0.05, 0) is 6.92 Å². The van der Waals surface area contributed by atoms with Crippen LogP contribution in [0.15, 0.2) is 0 Å². The largest absolute Gasteiger partial charge is 0.369 e. The molecule has 74 valence electrons. The van der Waals surface area contributed by atoms with Gasteiger partial charge in [0.05, 0.1) is 0 Å². The summed E-state index contributed by atoms with van der Waals surface area (Å²) in [5.41, 5.74) is 2.23. The van der Waals surface area contributed by atoms with Crippen molar-refractivity contribution < 1.29 is 14.4 Å². The average Bonchev–Trinajstić information content (AvgIpc) is 2.79. The van der Waals surface area contributed by atoms with Crippen molar-refractivity contribution in [1.82, 2.24) is 16.1 Å². The zero-order valence-electron chi connectivity index (χ0n) is 7.59. The van der Waals surface area contributed by atoms with Crippen molar-refractivity contribution in [1.29, 1.82) is 0 Å². The van der Waals surface area contributed by atoms with Gasteiger partial charge < -0.3 is 10.2 Å². The Kier molecular flexibility index (Phi) is 3.21. The van der Waals surface area contributed by atoms with Gasteiger partial charge in [-0.3, -0.25) is 10.1 Å². The number of carbonyl (C=O) groups is 2. The minimum atomic E-state index is -0.510. The van der Waals surface area contributed by atoms with E-state index in [1.807, 2.05) is 6.92 Å². The molecule has 0 spiro atoms. The van der Waals surface area contributed by atoms with Gasteiger partial charge in [0.2, 0.25) is 5.91 Å². The predicted molar refractivity (Wildman–Crippen MR) is 44.5 cm³/mol. The van der Waals surface area contributed by atoms with Crippen LogP contribution in [0, 0.1) is 0 Å². The predicted octanol–water partition coefficient (Wildman–Crippen LogP) is -1.86. The van der Waals surface area contributed by atoms with E-state index in [1.165, 1.54) is 7.05 Å². The summed E-state index contributed by atoms with van der Waals surface area (Å²) in [7, 11) is 1.48. The Balaban J connectivity index is 2.11. The fraction of sp³-hybridized carbons (Fsp3) is 0.714. The highest BCUT2D eigenvalue weighted by molar-refractivity contribution is 5.88. The zero-order chi connectivity index (χ0) is 9.84. The Hall–Kier alpha value is -1.14. The third-order valence-corrected chi connectivity index (χ3v) is 1.74. The Morgan fingerprint density at radius 2 is 2.15 bits per heavy atom. The van der Waals surface area contributed by atoms with Crippen molar-refractivity contribution in [2.75, 3.05) is 13.6 Å². The van der Waals surface area contributed by atoms with Gasteiger partial charge in [0.25, 0.3) is 0 Å². The summed E-state index contributed by atoms with van der Waals surface area (Å²) in [4.78, 5) is 26.3. The van der Waals surface area contributed by atoms with Gasteiger partial charge >= 0.3 is 5.97 Å². The molecule has 6 nitrogen and oxygen atoms in total. The second kappa shape index (κ2) is 4.20. The first kappa shape index (κ1) is 9.94.